The fourth-order valence-corrected chi connectivity index (χ4v) is 2.52. The van der Waals surface area contributed by atoms with Crippen molar-refractivity contribution in [2.75, 3.05) is 0 Å². The van der Waals surface area contributed by atoms with Gasteiger partial charge in [0.1, 0.15) is 0 Å². The Balaban J connectivity index is 2.34. The lowest BCUT2D eigenvalue weighted by Gasteiger charge is -2.24. The van der Waals surface area contributed by atoms with Gasteiger partial charge in [0, 0.05) is 0 Å². The van der Waals surface area contributed by atoms with Gasteiger partial charge in [-0.2, -0.15) is 0 Å². The Labute approximate surface area is 71.4 Å². The zero-order chi connectivity index (χ0) is 8.27. The molecule has 2 atom stereocenters. The zero-order valence-electron chi connectivity index (χ0n) is 8.27. The van der Waals surface area contributed by atoms with Crippen molar-refractivity contribution < 1.29 is 0 Å². The first-order valence-electron chi connectivity index (χ1n) is 5.18. The van der Waals surface area contributed by atoms with Gasteiger partial charge in [-0.1, -0.05) is 40.0 Å². The Bertz CT molecular complexity index is 94.6. The van der Waals surface area contributed by atoms with E-state index in [2.05, 4.69) is 20.8 Å². The maximum Gasteiger partial charge on any atom is -0.0438 e. The lowest BCUT2D eigenvalue weighted by molar-refractivity contribution is 0.280. The summed E-state index contributed by atoms with van der Waals surface area (Å²) in [7, 11) is 0. The van der Waals surface area contributed by atoms with Crippen LogP contribution in [0.4, 0.5) is 0 Å². The van der Waals surface area contributed by atoms with Crippen molar-refractivity contribution in [2.45, 2.75) is 52.9 Å². The van der Waals surface area contributed by atoms with Gasteiger partial charge in [-0.15, -0.1) is 0 Å². The predicted octanol–water partition coefficient (Wildman–Crippen LogP) is 3.86. The van der Waals surface area contributed by atoms with Crippen LogP contribution < -0.4 is 0 Å². The van der Waals surface area contributed by atoms with Gasteiger partial charge < -0.3 is 0 Å². The second-order valence-electron chi connectivity index (χ2n) is 4.72. The third-order valence-electron chi connectivity index (χ3n) is 3.00. The van der Waals surface area contributed by atoms with E-state index in [-0.39, 0.29) is 0 Å². The van der Waals surface area contributed by atoms with Crippen molar-refractivity contribution in [3.05, 3.63) is 0 Å². The van der Waals surface area contributed by atoms with Crippen molar-refractivity contribution in [2.24, 2.45) is 17.8 Å². The fraction of sp³-hybridized carbons (Fsp3) is 1.00. The molecule has 0 heterocycles. The molecular weight excluding hydrogens is 132 g/mol. The van der Waals surface area contributed by atoms with Gasteiger partial charge in [-0.05, 0) is 30.6 Å². The molecule has 2 unspecified atom stereocenters. The highest BCUT2D eigenvalue weighted by molar-refractivity contribution is 4.67. The molecular formula is C11H22. The molecule has 0 aromatic heterocycles. The predicted molar refractivity (Wildman–Crippen MR) is 50.6 cm³/mol. The van der Waals surface area contributed by atoms with E-state index in [1.165, 1.54) is 32.1 Å². The Morgan fingerprint density at radius 1 is 0.727 bits per heavy atom. The van der Waals surface area contributed by atoms with Crippen LogP contribution in [0.15, 0.2) is 0 Å². The molecule has 66 valence electrons. The third-order valence-corrected chi connectivity index (χ3v) is 3.00. The number of rotatable bonds is 0. The first-order chi connectivity index (χ1) is 5.18. The van der Waals surface area contributed by atoms with E-state index in [0.29, 0.717) is 0 Å². The molecule has 1 rings (SSSR count). The molecule has 0 spiro atoms. The lowest BCUT2D eigenvalue weighted by atomic mass is 9.82. The van der Waals surface area contributed by atoms with Crippen molar-refractivity contribution in [1.29, 1.82) is 0 Å². The summed E-state index contributed by atoms with van der Waals surface area (Å²) in [4.78, 5) is 0. The van der Waals surface area contributed by atoms with Crippen LogP contribution in [0.2, 0.25) is 0 Å². The van der Waals surface area contributed by atoms with E-state index in [1.54, 1.807) is 0 Å². The molecule has 0 radical (unpaired) electrons. The van der Waals surface area contributed by atoms with Crippen molar-refractivity contribution in [3.63, 3.8) is 0 Å². The molecule has 0 aliphatic heterocycles. The summed E-state index contributed by atoms with van der Waals surface area (Å²) in [6.45, 7) is 7.23. The second kappa shape index (κ2) is 4.13. The second-order valence-corrected chi connectivity index (χ2v) is 4.72. The topological polar surface area (TPSA) is 0 Å². The molecule has 1 aliphatic rings. The summed E-state index contributed by atoms with van der Waals surface area (Å²) in [6, 6.07) is 0. The maximum absolute atomic E-state index is 2.42. The van der Waals surface area contributed by atoms with Crippen LogP contribution in [0.25, 0.3) is 0 Å². The van der Waals surface area contributed by atoms with E-state index in [1.807, 2.05) is 0 Å². The normalized spacial score (nSPS) is 41.2. The van der Waals surface area contributed by atoms with E-state index in [9.17, 15) is 0 Å². The van der Waals surface area contributed by atoms with Gasteiger partial charge in [0.15, 0.2) is 0 Å². The molecule has 0 saturated heterocycles. The van der Waals surface area contributed by atoms with Crippen LogP contribution in [-0.2, 0) is 0 Å². The van der Waals surface area contributed by atoms with Crippen LogP contribution in [0.3, 0.4) is 0 Å². The van der Waals surface area contributed by atoms with Crippen molar-refractivity contribution >= 4 is 0 Å². The Morgan fingerprint density at radius 2 is 1.18 bits per heavy atom. The average molecular weight is 154 g/mol. The van der Waals surface area contributed by atoms with Crippen molar-refractivity contribution in [1.82, 2.24) is 0 Å². The molecule has 0 amide bonds. The summed E-state index contributed by atoms with van der Waals surface area (Å²) in [5.41, 5.74) is 0. The van der Waals surface area contributed by atoms with Crippen LogP contribution >= 0.6 is 0 Å². The quantitative estimate of drug-likeness (QED) is 0.497. The third kappa shape index (κ3) is 3.27. The van der Waals surface area contributed by atoms with E-state index in [0.717, 1.165) is 17.8 Å². The summed E-state index contributed by atoms with van der Waals surface area (Å²) < 4.78 is 0. The highest BCUT2D eigenvalue weighted by atomic mass is 14.2. The van der Waals surface area contributed by atoms with Gasteiger partial charge >= 0.3 is 0 Å². The highest BCUT2D eigenvalue weighted by Gasteiger charge is 2.15. The monoisotopic (exact) mass is 154 g/mol. The highest BCUT2D eigenvalue weighted by Crippen LogP contribution is 2.28. The maximum atomic E-state index is 2.42. The zero-order valence-corrected chi connectivity index (χ0v) is 8.27. The Kier molecular flexibility index (Phi) is 3.42. The van der Waals surface area contributed by atoms with Crippen LogP contribution in [0.1, 0.15) is 52.9 Å². The molecule has 1 saturated carbocycles. The standard InChI is InChI=1S/C11H22/c1-9-5-4-6-10(2)8-11(3)7-9/h9-11H,4-8H2,1-3H3. The van der Waals surface area contributed by atoms with Crippen LogP contribution in [-0.4, -0.2) is 0 Å². The first-order valence-corrected chi connectivity index (χ1v) is 5.18. The molecule has 0 nitrogen and oxygen atoms in total. The molecule has 0 bridgehead atoms. The van der Waals surface area contributed by atoms with Crippen LogP contribution in [0, 0.1) is 17.8 Å². The molecule has 1 fully saturated rings. The summed E-state index contributed by atoms with van der Waals surface area (Å²) in [5.74, 6) is 2.94. The minimum Gasteiger partial charge on any atom is -0.0625 e. The van der Waals surface area contributed by atoms with E-state index >= 15 is 0 Å². The SMILES string of the molecule is CC1CCCC(C)CC(C)C1. The lowest BCUT2D eigenvalue weighted by Crippen LogP contribution is -2.11. The van der Waals surface area contributed by atoms with Gasteiger partial charge in [-0.25, -0.2) is 0 Å². The molecule has 0 heteroatoms. The largest absolute Gasteiger partial charge is 0.0625 e. The number of hydrogen-bond acceptors (Lipinski definition) is 0. The average Bonchev–Trinajstić information content (AvgIpc) is 1.83. The van der Waals surface area contributed by atoms with E-state index < -0.39 is 0 Å². The number of hydrogen-bond donors (Lipinski definition) is 0. The van der Waals surface area contributed by atoms with Gasteiger partial charge in [-0.3, -0.25) is 0 Å². The minimum absolute atomic E-state index is 0.972. The first kappa shape index (κ1) is 9.09. The van der Waals surface area contributed by atoms with Gasteiger partial charge in [0.2, 0.25) is 0 Å². The van der Waals surface area contributed by atoms with Gasteiger partial charge in [0.05, 0.1) is 0 Å². The van der Waals surface area contributed by atoms with Gasteiger partial charge in [0.25, 0.3) is 0 Å². The smallest absolute Gasteiger partial charge is 0.0438 e. The van der Waals surface area contributed by atoms with E-state index in [4.69, 9.17) is 0 Å². The molecule has 0 N–H and O–H groups in total. The molecule has 0 aromatic carbocycles. The fourth-order valence-electron chi connectivity index (χ4n) is 2.52. The minimum atomic E-state index is 0.972. The Morgan fingerprint density at radius 3 is 1.64 bits per heavy atom. The van der Waals surface area contributed by atoms with Crippen molar-refractivity contribution in [3.8, 4) is 0 Å². The molecule has 11 heavy (non-hydrogen) atoms. The Hall–Kier alpha value is 0. The molecule has 1 aliphatic carbocycles. The summed E-state index contributed by atoms with van der Waals surface area (Å²) in [6.07, 6.45) is 7.33. The summed E-state index contributed by atoms with van der Waals surface area (Å²) >= 11 is 0. The van der Waals surface area contributed by atoms with Crippen LogP contribution in [0.5, 0.6) is 0 Å². The summed E-state index contributed by atoms with van der Waals surface area (Å²) in [5, 5.41) is 0. The molecule has 0 aromatic rings.